The fourth-order valence-electron chi connectivity index (χ4n) is 4.13. The van der Waals surface area contributed by atoms with Gasteiger partial charge in [0.15, 0.2) is 0 Å². The van der Waals surface area contributed by atoms with Gasteiger partial charge in [0.05, 0.1) is 26.0 Å². The first-order chi connectivity index (χ1) is 16.5. The molecule has 1 aromatic carbocycles. The summed E-state index contributed by atoms with van der Waals surface area (Å²) in [5.74, 6) is -1.11. The number of benzene rings is 1. The SMILES string of the molecule is O=C1NC(=O)N(Cc2ccco2)C(=O)C1=Cc1cn(CC(=O)N2CCOCC2)c2ccccc12. The monoisotopic (exact) mass is 462 g/mol. The number of urea groups is 1. The second-order valence-electron chi connectivity index (χ2n) is 8.01. The number of amides is 5. The Morgan fingerprint density at radius 2 is 1.85 bits per heavy atom. The molecule has 0 saturated carbocycles. The van der Waals surface area contributed by atoms with Crippen LogP contribution in [0.3, 0.4) is 0 Å². The van der Waals surface area contributed by atoms with Crippen molar-refractivity contribution < 1.29 is 28.3 Å². The number of ether oxygens (including phenoxy) is 1. The fourth-order valence-corrected chi connectivity index (χ4v) is 4.13. The van der Waals surface area contributed by atoms with Gasteiger partial charge in [-0.2, -0.15) is 0 Å². The van der Waals surface area contributed by atoms with E-state index in [1.807, 2.05) is 24.3 Å². The molecule has 0 aliphatic carbocycles. The lowest BCUT2D eigenvalue weighted by molar-refractivity contribution is -0.136. The number of nitrogens with zero attached hydrogens (tertiary/aromatic N) is 3. The minimum atomic E-state index is -0.804. The minimum absolute atomic E-state index is 0.0371. The summed E-state index contributed by atoms with van der Waals surface area (Å²) in [5, 5.41) is 2.99. The van der Waals surface area contributed by atoms with E-state index < -0.39 is 17.8 Å². The van der Waals surface area contributed by atoms with Crippen LogP contribution in [0.25, 0.3) is 17.0 Å². The van der Waals surface area contributed by atoms with Crippen LogP contribution >= 0.6 is 0 Å². The molecule has 3 aromatic rings. The number of imide groups is 2. The van der Waals surface area contributed by atoms with Crippen molar-refractivity contribution >= 4 is 40.7 Å². The maximum atomic E-state index is 13.1. The first-order valence-corrected chi connectivity index (χ1v) is 10.9. The quantitative estimate of drug-likeness (QED) is 0.457. The molecule has 10 heteroatoms. The van der Waals surface area contributed by atoms with Gasteiger partial charge in [-0.05, 0) is 24.3 Å². The van der Waals surface area contributed by atoms with E-state index in [9.17, 15) is 19.2 Å². The lowest BCUT2D eigenvalue weighted by Crippen LogP contribution is -2.53. The maximum Gasteiger partial charge on any atom is 0.331 e. The van der Waals surface area contributed by atoms with Crippen LogP contribution in [0.1, 0.15) is 11.3 Å². The molecule has 2 aromatic heterocycles. The molecular weight excluding hydrogens is 440 g/mol. The van der Waals surface area contributed by atoms with Gasteiger partial charge in [0.25, 0.3) is 11.8 Å². The number of carbonyl (C=O) groups excluding carboxylic acids is 4. The minimum Gasteiger partial charge on any atom is -0.467 e. The van der Waals surface area contributed by atoms with Gasteiger partial charge in [0.2, 0.25) is 5.91 Å². The Balaban J connectivity index is 1.46. The highest BCUT2D eigenvalue weighted by Crippen LogP contribution is 2.25. The summed E-state index contributed by atoms with van der Waals surface area (Å²) in [4.78, 5) is 53.4. The van der Waals surface area contributed by atoms with Crippen molar-refractivity contribution in [3.05, 3.63) is 65.8 Å². The Kier molecular flexibility index (Phi) is 5.72. The smallest absolute Gasteiger partial charge is 0.331 e. The highest BCUT2D eigenvalue weighted by atomic mass is 16.5. The zero-order valence-corrected chi connectivity index (χ0v) is 18.2. The predicted molar refractivity (Wildman–Crippen MR) is 120 cm³/mol. The van der Waals surface area contributed by atoms with Crippen molar-refractivity contribution in [2.75, 3.05) is 26.3 Å². The molecule has 5 amide bonds. The zero-order valence-electron chi connectivity index (χ0n) is 18.2. The largest absolute Gasteiger partial charge is 0.467 e. The normalized spacial score (nSPS) is 18.1. The van der Waals surface area contributed by atoms with Crippen molar-refractivity contribution in [2.24, 2.45) is 0 Å². The van der Waals surface area contributed by atoms with E-state index in [0.717, 1.165) is 15.8 Å². The van der Waals surface area contributed by atoms with Crippen molar-refractivity contribution in [1.82, 2.24) is 19.7 Å². The van der Waals surface area contributed by atoms with Gasteiger partial charge in [-0.15, -0.1) is 0 Å². The number of para-hydroxylation sites is 1. The second kappa shape index (κ2) is 8.99. The highest BCUT2D eigenvalue weighted by Gasteiger charge is 2.36. The molecule has 1 N–H and O–H groups in total. The van der Waals surface area contributed by atoms with E-state index in [0.29, 0.717) is 37.6 Å². The van der Waals surface area contributed by atoms with Gasteiger partial charge in [0, 0.05) is 35.8 Å². The van der Waals surface area contributed by atoms with Crippen LogP contribution < -0.4 is 5.32 Å². The molecule has 174 valence electrons. The Morgan fingerprint density at radius 3 is 2.62 bits per heavy atom. The molecule has 0 unspecified atom stereocenters. The van der Waals surface area contributed by atoms with Crippen LogP contribution in [-0.4, -0.2) is 64.4 Å². The number of morpholine rings is 1. The van der Waals surface area contributed by atoms with E-state index in [-0.39, 0.29) is 24.6 Å². The maximum absolute atomic E-state index is 13.1. The molecule has 0 atom stereocenters. The number of carbonyl (C=O) groups is 4. The Hall–Kier alpha value is -4.18. The molecule has 5 rings (SSSR count). The van der Waals surface area contributed by atoms with Gasteiger partial charge in [-0.3, -0.25) is 24.6 Å². The molecule has 2 aliphatic rings. The third kappa shape index (κ3) is 4.11. The number of hydrogen-bond acceptors (Lipinski definition) is 6. The third-order valence-corrected chi connectivity index (χ3v) is 5.87. The Labute approximate surface area is 194 Å². The van der Waals surface area contributed by atoms with Crippen molar-refractivity contribution in [1.29, 1.82) is 0 Å². The van der Waals surface area contributed by atoms with Crippen molar-refractivity contribution in [3.63, 3.8) is 0 Å². The highest BCUT2D eigenvalue weighted by molar-refractivity contribution is 6.31. The average molecular weight is 462 g/mol. The number of hydrogen-bond donors (Lipinski definition) is 1. The van der Waals surface area contributed by atoms with Gasteiger partial charge in [-0.25, -0.2) is 4.79 Å². The van der Waals surface area contributed by atoms with E-state index in [4.69, 9.17) is 9.15 Å². The molecule has 0 spiro atoms. The van der Waals surface area contributed by atoms with Crippen LogP contribution in [0, 0.1) is 0 Å². The number of furan rings is 1. The first kappa shape index (κ1) is 21.7. The van der Waals surface area contributed by atoms with Crippen LogP contribution in [0.2, 0.25) is 0 Å². The lowest BCUT2D eigenvalue weighted by atomic mass is 10.1. The number of nitrogens with one attached hydrogen (secondary N) is 1. The summed E-state index contributed by atoms with van der Waals surface area (Å²) in [6, 6.07) is 9.91. The molecule has 10 nitrogen and oxygen atoms in total. The van der Waals surface area contributed by atoms with Crippen molar-refractivity contribution in [2.45, 2.75) is 13.1 Å². The van der Waals surface area contributed by atoms with E-state index in [1.54, 1.807) is 27.8 Å². The van der Waals surface area contributed by atoms with E-state index in [2.05, 4.69) is 5.32 Å². The summed E-state index contributed by atoms with van der Waals surface area (Å²) in [6.07, 6.45) is 4.64. The van der Waals surface area contributed by atoms with Gasteiger partial charge < -0.3 is 18.6 Å². The third-order valence-electron chi connectivity index (χ3n) is 5.87. The standard InChI is InChI=1S/C24H22N4O6/c29-21(26-7-10-33-11-8-26)15-27-13-16(18-5-1-2-6-20(18)27)12-19-22(30)25-24(32)28(23(19)31)14-17-4-3-9-34-17/h1-6,9,12-13H,7-8,10-11,14-15H2,(H,25,30,32). The number of fused-ring (bicyclic) bond motifs is 1. The van der Waals surface area contributed by atoms with Gasteiger partial charge in [0.1, 0.15) is 17.9 Å². The van der Waals surface area contributed by atoms with Gasteiger partial charge >= 0.3 is 6.03 Å². The van der Waals surface area contributed by atoms with Crippen LogP contribution in [-0.2, 0) is 32.2 Å². The first-order valence-electron chi connectivity index (χ1n) is 10.9. The molecule has 2 saturated heterocycles. The molecule has 2 fully saturated rings. The van der Waals surface area contributed by atoms with Crippen LogP contribution in [0.5, 0.6) is 0 Å². The summed E-state index contributed by atoms with van der Waals surface area (Å²) in [7, 11) is 0. The topological polar surface area (TPSA) is 114 Å². The van der Waals surface area contributed by atoms with Gasteiger partial charge in [-0.1, -0.05) is 18.2 Å². The zero-order chi connectivity index (χ0) is 23.7. The number of barbiturate groups is 1. The van der Waals surface area contributed by atoms with E-state index >= 15 is 0 Å². The summed E-state index contributed by atoms with van der Waals surface area (Å²) < 4.78 is 12.4. The lowest BCUT2D eigenvalue weighted by Gasteiger charge is -2.27. The number of rotatable bonds is 5. The summed E-state index contributed by atoms with van der Waals surface area (Å²) in [5.41, 5.74) is 1.22. The average Bonchev–Trinajstić information content (AvgIpc) is 3.48. The molecular formula is C24H22N4O6. The summed E-state index contributed by atoms with van der Waals surface area (Å²) >= 11 is 0. The second-order valence-corrected chi connectivity index (χ2v) is 8.01. The van der Waals surface area contributed by atoms with E-state index in [1.165, 1.54) is 12.3 Å². The van der Waals surface area contributed by atoms with Crippen LogP contribution in [0.4, 0.5) is 4.79 Å². The molecule has 4 heterocycles. The molecule has 2 aliphatic heterocycles. The van der Waals surface area contributed by atoms with Crippen molar-refractivity contribution in [3.8, 4) is 0 Å². The molecule has 0 radical (unpaired) electrons. The molecule has 34 heavy (non-hydrogen) atoms. The molecule has 0 bridgehead atoms. The summed E-state index contributed by atoms with van der Waals surface area (Å²) in [6.45, 7) is 2.14. The Bertz CT molecular complexity index is 1300. The number of aromatic nitrogens is 1. The Morgan fingerprint density at radius 1 is 1.06 bits per heavy atom. The predicted octanol–water partition coefficient (Wildman–Crippen LogP) is 1.76. The fraction of sp³-hybridized carbons (Fsp3) is 0.250. The van der Waals surface area contributed by atoms with Crippen LogP contribution in [0.15, 0.2) is 58.8 Å².